The van der Waals surface area contributed by atoms with Gasteiger partial charge in [0.25, 0.3) is 0 Å². The van der Waals surface area contributed by atoms with E-state index >= 15 is 0 Å². The van der Waals surface area contributed by atoms with Crippen LogP contribution in [0.25, 0.3) is 0 Å². The van der Waals surface area contributed by atoms with Gasteiger partial charge in [0, 0.05) is 5.92 Å². The third-order valence-corrected chi connectivity index (χ3v) is 10.2. The van der Waals surface area contributed by atoms with Gasteiger partial charge in [-0.2, -0.15) is 0 Å². The van der Waals surface area contributed by atoms with Crippen LogP contribution in [-0.2, 0) is 14.6 Å². The molecular formula is C41H81KO4S. The molecule has 0 aromatic carbocycles. The SMILES string of the molecule is CCCCCCCCCCCCCCCCCC/C=C/C(CCCCCCCCCCCCCCCCCCC)COS(=O)(=O)[O-].[K+]. The molecule has 0 aromatic heterocycles. The standard InChI is InChI=1S/C41H82O4S.K/c1-3-5-7-9-11-13-15-17-19-21-23-25-27-29-31-33-35-37-39-41(40-45-46(42,43)44)38-36-34-32-30-28-26-24-22-20-18-16-14-12-10-8-6-4-2;/h37,39,41H,3-36,38,40H2,1-2H3,(H,42,43,44);/q;+1/p-1/b39-37+;. The van der Waals surface area contributed by atoms with E-state index in [9.17, 15) is 13.0 Å². The molecule has 0 aliphatic rings. The molecule has 0 saturated carbocycles. The number of hydrogen-bond donors (Lipinski definition) is 0. The fourth-order valence-corrected chi connectivity index (χ4v) is 6.98. The predicted octanol–water partition coefficient (Wildman–Crippen LogP) is 11.3. The molecule has 0 aromatic rings. The van der Waals surface area contributed by atoms with Gasteiger partial charge in [-0.1, -0.05) is 231 Å². The van der Waals surface area contributed by atoms with E-state index in [1.165, 1.54) is 205 Å². The molecule has 0 bridgehead atoms. The Balaban J connectivity index is 0. The van der Waals surface area contributed by atoms with Crippen molar-refractivity contribution in [3.05, 3.63) is 12.2 Å². The largest absolute Gasteiger partial charge is 1.00 e. The maximum Gasteiger partial charge on any atom is 1.00 e. The van der Waals surface area contributed by atoms with Gasteiger partial charge in [0.15, 0.2) is 0 Å². The van der Waals surface area contributed by atoms with Crippen molar-refractivity contribution in [1.29, 1.82) is 0 Å². The average Bonchev–Trinajstić information content (AvgIpc) is 3.03. The van der Waals surface area contributed by atoms with Crippen molar-refractivity contribution in [3.63, 3.8) is 0 Å². The Hall–Kier alpha value is 1.25. The van der Waals surface area contributed by atoms with E-state index in [4.69, 9.17) is 0 Å². The summed E-state index contributed by atoms with van der Waals surface area (Å²) in [5.41, 5.74) is 0. The molecule has 0 rings (SSSR count). The third-order valence-electron chi connectivity index (χ3n) is 9.74. The summed E-state index contributed by atoms with van der Waals surface area (Å²) in [6, 6.07) is 0. The van der Waals surface area contributed by atoms with Crippen molar-refractivity contribution in [2.24, 2.45) is 5.92 Å². The quantitative estimate of drug-likeness (QED) is 0.0210. The molecule has 0 heterocycles. The maximum absolute atomic E-state index is 11.0. The van der Waals surface area contributed by atoms with E-state index in [1.807, 2.05) is 0 Å². The molecule has 0 amide bonds. The molecule has 0 spiro atoms. The van der Waals surface area contributed by atoms with Crippen LogP contribution >= 0.6 is 0 Å². The summed E-state index contributed by atoms with van der Waals surface area (Å²) in [5.74, 6) is 0.0149. The Kier molecular flexibility index (Phi) is 44.6. The number of rotatable bonds is 39. The molecule has 0 N–H and O–H groups in total. The first-order valence-electron chi connectivity index (χ1n) is 20.8. The van der Waals surface area contributed by atoms with Crippen LogP contribution in [0, 0.1) is 5.92 Å². The molecular weight excluding hydrogens is 628 g/mol. The van der Waals surface area contributed by atoms with Crippen LogP contribution in [0.4, 0.5) is 0 Å². The second-order valence-corrected chi connectivity index (χ2v) is 15.5. The Morgan fingerprint density at radius 2 is 0.745 bits per heavy atom. The normalized spacial score (nSPS) is 12.6. The fourth-order valence-electron chi connectivity index (χ4n) is 6.64. The minimum absolute atomic E-state index is 0. The van der Waals surface area contributed by atoms with Gasteiger partial charge in [0.1, 0.15) is 0 Å². The van der Waals surface area contributed by atoms with E-state index in [0.717, 1.165) is 19.3 Å². The molecule has 47 heavy (non-hydrogen) atoms. The maximum atomic E-state index is 11.0. The zero-order chi connectivity index (χ0) is 33.7. The van der Waals surface area contributed by atoms with E-state index in [2.05, 4.69) is 30.2 Å². The summed E-state index contributed by atoms with van der Waals surface area (Å²) in [5, 5.41) is 0. The molecule has 6 heteroatoms. The van der Waals surface area contributed by atoms with E-state index in [0.29, 0.717) is 0 Å². The van der Waals surface area contributed by atoms with Crippen molar-refractivity contribution in [1.82, 2.24) is 0 Å². The van der Waals surface area contributed by atoms with E-state index in [1.54, 1.807) is 0 Å². The fraction of sp³-hybridized carbons (Fsp3) is 0.951. The Morgan fingerprint density at radius 1 is 0.468 bits per heavy atom. The van der Waals surface area contributed by atoms with Crippen LogP contribution in [0.5, 0.6) is 0 Å². The minimum atomic E-state index is -4.63. The van der Waals surface area contributed by atoms with Crippen LogP contribution in [0.1, 0.15) is 239 Å². The monoisotopic (exact) mass is 709 g/mol. The molecule has 0 aliphatic heterocycles. The molecule has 0 aliphatic carbocycles. The predicted molar refractivity (Wildman–Crippen MR) is 201 cm³/mol. The van der Waals surface area contributed by atoms with Gasteiger partial charge in [-0.3, -0.25) is 4.18 Å². The van der Waals surface area contributed by atoms with Crippen LogP contribution in [0.15, 0.2) is 12.2 Å². The molecule has 0 fully saturated rings. The van der Waals surface area contributed by atoms with E-state index in [-0.39, 0.29) is 63.9 Å². The van der Waals surface area contributed by atoms with Crippen molar-refractivity contribution in [3.8, 4) is 0 Å². The van der Waals surface area contributed by atoms with Gasteiger partial charge >= 0.3 is 51.4 Å². The van der Waals surface area contributed by atoms with Crippen LogP contribution in [-0.4, -0.2) is 19.6 Å². The summed E-state index contributed by atoms with van der Waals surface area (Å²) in [6.45, 7) is 4.55. The molecule has 4 nitrogen and oxygen atoms in total. The van der Waals surface area contributed by atoms with Gasteiger partial charge in [-0.05, 0) is 19.3 Å². The van der Waals surface area contributed by atoms with Crippen LogP contribution in [0.2, 0.25) is 0 Å². The molecule has 1 atom stereocenters. The number of hydrogen-bond acceptors (Lipinski definition) is 4. The molecule has 1 unspecified atom stereocenters. The third kappa shape index (κ3) is 45.2. The van der Waals surface area contributed by atoms with Crippen molar-refractivity contribution in [2.45, 2.75) is 239 Å². The van der Waals surface area contributed by atoms with Crippen molar-refractivity contribution < 1.29 is 68.5 Å². The average molecular weight is 709 g/mol. The first-order chi connectivity index (χ1) is 22.5. The van der Waals surface area contributed by atoms with Gasteiger partial charge in [-0.25, -0.2) is 8.42 Å². The Bertz CT molecular complexity index is 712. The van der Waals surface area contributed by atoms with Gasteiger partial charge in [-0.15, -0.1) is 0 Å². The number of unbranched alkanes of at least 4 members (excludes halogenated alkanes) is 32. The summed E-state index contributed by atoms with van der Waals surface area (Å²) in [6.07, 6.45) is 51.2. The summed E-state index contributed by atoms with van der Waals surface area (Å²) >= 11 is 0. The van der Waals surface area contributed by atoms with Crippen molar-refractivity contribution >= 4 is 10.4 Å². The topological polar surface area (TPSA) is 66.4 Å². The summed E-state index contributed by atoms with van der Waals surface area (Å²) in [7, 11) is -4.63. The van der Waals surface area contributed by atoms with E-state index < -0.39 is 10.4 Å². The first-order valence-corrected chi connectivity index (χ1v) is 22.1. The zero-order valence-electron chi connectivity index (χ0n) is 32.2. The molecule has 0 saturated heterocycles. The minimum Gasteiger partial charge on any atom is -0.726 e. The van der Waals surface area contributed by atoms with Crippen LogP contribution < -0.4 is 51.4 Å². The second kappa shape index (κ2) is 41.7. The van der Waals surface area contributed by atoms with Gasteiger partial charge in [0.2, 0.25) is 10.4 Å². The Labute approximate surface area is 339 Å². The zero-order valence-corrected chi connectivity index (χ0v) is 36.2. The molecule has 276 valence electrons. The second-order valence-electron chi connectivity index (χ2n) is 14.4. The summed E-state index contributed by atoms with van der Waals surface area (Å²) in [4.78, 5) is 0. The van der Waals surface area contributed by atoms with Gasteiger partial charge < -0.3 is 4.55 Å². The van der Waals surface area contributed by atoms with Crippen molar-refractivity contribution in [2.75, 3.05) is 6.61 Å². The van der Waals surface area contributed by atoms with Gasteiger partial charge in [0.05, 0.1) is 6.61 Å². The molecule has 0 radical (unpaired) electrons. The summed E-state index contributed by atoms with van der Waals surface area (Å²) < 4.78 is 37.7. The number of allylic oxidation sites excluding steroid dienone is 1. The Morgan fingerprint density at radius 3 is 1.04 bits per heavy atom. The van der Waals surface area contributed by atoms with Crippen LogP contribution in [0.3, 0.4) is 0 Å². The smallest absolute Gasteiger partial charge is 0.726 e. The first kappa shape index (κ1) is 50.4.